The summed E-state index contributed by atoms with van der Waals surface area (Å²) in [6.07, 6.45) is 0. The van der Waals surface area contributed by atoms with E-state index >= 15 is 0 Å². The zero-order valence-corrected chi connectivity index (χ0v) is 79.6. The zero-order chi connectivity index (χ0) is 95.3. The Kier molecular flexibility index (Phi) is 19.5. The average molecular weight is 1890 g/mol. The number of thiophene rings is 2. The minimum absolute atomic E-state index is 0.834. The van der Waals surface area contributed by atoms with Crippen molar-refractivity contribution in [1.29, 1.82) is 0 Å². The summed E-state index contributed by atoms with van der Waals surface area (Å²) in [6.45, 7) is 0. The lowest BCUT2D eigenvalue weighted by Crippen LogP contribution is -2.17. The summed E-state index contributed by atoms with van der Waals surface area (Å²) in [7, 11) is 0. The quantitative estimate of drug-likeness (QED) is 0.162. The van der Waals surface area contributed by atoms with Gasteiger partial charge >= 0.3 is 0 Å². The number of hydrogen-bond acceptors (Lipinski definition) is 11. The smallest absolute Gasteiger partial charge is 0.159 e. The van der Waals surface area contributed by atoms with Crippen molar-refractivity contribution in [3.8, 4) is 68.2 Å². The van der Waals surface area contributed by atoms with Crippen molar-refractivity contribution in [3.63, 3.8) is 0 Å². The van der Waals surface area contributed by atoms with E-state index in [9.17, 15) is 0 Å². The molecule has 25 aromatic carbocycles. The summed E-state index contributed by atoms with van der Waals surface area (Å²) >= 11 is 3.71. The third kappa shape index (κ3) is 13.6. The molecule has 0 saturated heterocycles. The van der Waals surface area contributed by atoms with Crippen LogP contribution in [0, 0.1) is 0 Å². The highest BCUT2D eigenvalue weighted by Crippen LogP contribution is 2.63. The molecular formula is C134H82N4O5S2. The topological polar surface area (TPSA) is 63.0 Å². The molecule has 680 valence electrons. The van der Waals surface area contributed by atoms with Crippen LogP contribution in [-0.4, -0.2) is 0 Å². The third-order valence-electron chi connectivity index (χ3n) is 28.9. The van der Waals surface area contributed by atoms with Gasteiger partial charge in [0.25, 0.3) is 0 Å². The van der Waals surface area contributed by atoms with Gasteiger partial charge in [-0.05, 0) is 175 Å². The molecule has 0 unspecified atom stereocenters. The molecule has 145 heavy (non-hydrogen) atoms. The number of hydrogen-bond donors (Lipinski definition) is 0. The van der Waals surface area contributed by atoms with Gasteiger partial charge in [-0.2, -0.15) is 0 Å². The van der Waals surface area contributed by atoms with E-state index in [0.717, 1.165) is 174 Å². The second-order valence-corrected chi connectivity index (χ2v) is 39.2. The molecule has 0 fully saturated rings. The summed E-state index contributed by atoms with van der Waals surface area (Å²) in [5.41, 5.74) is 19.3. The zero-order valence-electron chi connectivity index (χ0n) is 78.0. The third-order valence-corrected chi connectivity index (χ3v) is 31.2. The first-order valence-corrected chi connectivity index (χ1v) is 50.6. The Labute approximate surface area is 841 Å². The van der Waals surface area contributed by atoms with Gasteiger partial charge in [0, 0.05) is 101 Å². The molecular weight excluding hydrogens is 1810 g/mol. The number of benzene rings is 25. The van der Waals surface area contributed by atoms with Crippen molar-refractivity contribution >= 4 is 239 Å². The molecule has 0 saturated carbocycles. The molecule has 0 amide bonds. The molecule has 9 nitrogen and oxygen atoms in total. The van der Waals surface area contributed by atoms with Crippen LogP contribution in [0.5, 0.6) is 46.0 Å². The second-order valence-electron chi connectivity index (χ2n) is 37.0. The van der Waals surface area contributed by atoms with Gasteiger partial charge in [-0.3, -0.25) is 4.90 Å². The predicted octanol–water partition coefficient (Wildman–Crippen LogP) is 40.2. The van der Waals surface area contributed by atoms with E-state index in [1.807, 2.05) is 34.8 Å². The van der Waals surface area contributed by atoms with Crippen LogP contribution in [0.3, 0.4) is 0 Å². The minimum atomic E-state index is 0.834. The standard InChI is InChI=1S/C38H25NO.C32H19NO2.2C32H19NOS/c1-4-14-26(15-5-1)33-24-35-38(32-23-13-11-21-30(32)33)40-36-25-34(27-16-6-2-7-17-27)29-20-10-12-22-31(29)37(36)39(35)28-18-8-3-9-19-28;1-3-10-22-20(8-1)17-19-29-30(22)33(27-18-16-21-9-2-4-11-23(21)31(27)35-29)26-14-7-13-25-24-12-5-6-15-28(24)34-32(25)26;1-3-10-22-20(8-1)17-19-28-30(22)33(26-18-16-21-9-2-4-11-23(21)31(26)34-28)27-14-7-13-25-24-12-5-6-15-29(24)35-32(25)27;1-3-9-23-20(7-1)14-17-28-31(23)33(27-16-13-21-8-2-4-10-24(21)32(27)34-28)22-15-18-30-26(19-22)25-11-5-6-12-29(25)35-30/h1-25H;3*1-19H. The first-order chi connectivity index (χ1) is 71.9. The fraction of sp³-hybridized carbons (Fsp3) is 0. The molecule has 0 N–H and O–H groups in total. The maximum atomic E-state index is 6.96. The van der Waals surface area contributed by atoms with Gasteiger partial charge in [0.1, 0.15) is 5.58 Å². The van der Waals surface area contributed by atoms with Crippen molar-refractivity contribution in [1.82, 2.24) is 0 Å². The number of rotatable bonds is 6. The van der Waals surface area contributed by atoms with Gasteiger partial charge in [0.15, 0.2) is 51.6 Å². The molecule has 4 aliphatic rings. The van der Waals surface area contributed by atoms with E-state index < -0.39 is 0 Å². The summed E-state index contributed by atoms with van der Waals surface area (Å²) in [6, 6.07) is 176. The normalized spacial score (nSPS) is 12.6. The van der Waals surface area contributed by atoms with E-state index in [0.29, 0.717) is 0 Å². The number of para-hydroxylation sites is 3. The van der Waals surface area contributed by atoms with E-state index in [4.69, 9.17) is 23.4 Å². The Morgan fingerprint density at radius 2 is 0.524 bits per heavy atom. The van der Waals surface area contributed by atoms with Crippen molar-refractivity contribution in [2.45, 2.75) is 0 Å². The van der Waals surface area contributed by atoms with Gasteiger partial charge < -0.3 is 38.1 Å². The summed E-state index contributed by atoms with van der Waals surface area (Å²) in [4.78, 5) is 9.49. The largest absolute Gasteiger partial charge is 0.454 e. The molecule has 32 rings (SSSR count). The van der Waals surface area contributed by atoms with Crippen LogP contribution in [0.25, 0.3) is 171 Å². The average Bonchev–Trinajstić information content (AvgIpc) is 1.45. The Morgan fingerprint density at radius 1 is 0.172 bits per heavy atom. The van der Waals surface area contributed by atoms with Crippen LogP contribution >= 0.6 is 22.7 Å². The van der Waals surface area contributed by atoms with E-state index in [1.165, 1.54) is 111 Å². The summed E-state index contributed by atoms with van der Waals surface area (Å²) < 4.78 is 38.6. The lowest BCUT2D eigenvalue weighted by atomic mass is 9.92. The monoisotopic (exact) mass is 1890 g/mol. The Balaban J connectivity index is 0.0000000919. The molecule has 28 aromatic rings. The molecule has 0 bridgehead atoms. The number of nitrogens with zero attached hydrogens (tertiary/aromatic N) is 4. The second kappa shape index (κ2) is 34.0. The van der Waals surface area contributed by atoms with Crippen molar-refractivity contribution in [2.75, 3.05) is 19.6 Å². The molecule has 0 spiro atoms. The van der Waals surface area contributed by atoms with Crippen molar-refractivity contribution in [2.24, 2.45) is 0 Å². The van der Waals surface area contributed by atoms with Gasteiger partial charge in [-0.15, -0.1) is 22.7 Å². The fourth-order valence-electron chi connectivity index (χ4n) is 22.4. The SMILES string of the molecule is c1ccc(-c2cc3c(c4ccccc24)Oc2cc(-c4ccccc4)c4ccccc4c2N3c2ccccc2)cc1.c1ccc2c3c(ccc2c1)N(c1ccc2sc4ccccc4c2c1)c1c(ccc2ccccc12)O3.c1ccc2c3c(ccc2c1)N(c1cccc2c1oc1ccccc12)c1c(ccc2ccccc12)O3.c1ccc2c3c(ccc2c1)N(c1cccc2c1sc1ccccc12)c1c(ccc2ccccc12)O3. The highest BCUT2D eigenvalue weighted by Gasteiger charge is 2.37. The molecule has 0 radical (unpaired) electrons. The molecule has 3 aromatic heterocycles. The Hall–Kier alpha value is -18.8. The first-order valence-electron chi connectivity index (χ1n) is 49.0. The van der Waals surface area contributed by atoms with Crippen LogP contribution in [0.15, 0.2) is 502 Å². The predicted molar refractivity (Wildman–Crippen MR) is 609 cm³/mol. The number of fused-ring (bicyclic) bond motifs is 33. The fourth-order valence-corrected chi connectivity index (χ4v) is 24.7. The summed E-state index contributed by atoms with van der Waals surface area (Å²) in [5.74, 6) is 6.99. The highest BCUT2D eigenvalue weighted by molar-refractivity contribution is 7.26. The van der Waals surface area contributed by atoms with Gasteiger partial charge in [0.2, 0.25) is 0 Å². The first kappa shape index (κ1) is 83.2. The maximum Gasteiger partial charge on any atom is 0.159 e. The Bertz CT molecular complexity index is 9880. The van der Waals surface area contributed by atoms with E-state index in [2.05, 4.69) is 505 Å². The van der Waals surface area contributed by atoms with Crippen molar-refractivity contribution in [3.05, 3.63) is 497 Å². The highest BCUT2D eigenvalue weighted by atomic mass is 32.1. The van der Waals surface area contributed by atoms with Crippen LogP contribution in [-0.2, 0) is 0 Å². The number of anilines is 12. The van der Waals surface area contributed by atoms with Crippen LogP contribution in [0.1, 0.15) is 0 Å². The van der Waals surface area contributed by atoms with Crippen LogP contribution in [0.4, 0.5) is 68.2 Å². The lowest BCUT2D eigenvalue weighted by molar-refractivity contribution is 0.483. The minimum Gasteiger partial charge on any atom is -0.454 e. The van der Waals surface area contributed by atoms with E-state index in [1.54, 1.807) is 0 Å². The summed E-state index contributed by atoms with van der Waals surface area (Å²) in [5, 5.41) is 25.9. The lowest BCUT2D eigenvalue weighted by Gasteiger charge is -2.35. The van der Waals surface area contributed by atoms with Gasteiger partial charge in [-0.1, -0.05) is 388 Å². The van der Waals surface area contributed by atoms with E-state index in [-0.39, 0.29) is 0 Å². The Morgan fingerprint density at radius 3 is 1.07 bits per heavy atom. The maximum absolute atomic E-state index is 6.96. The molecule has 0 atom stereocenters. The molecule has 0 aliphatic carbocycles. The van der Waals surface area contributed by atoms with Crippen LogP contribution in [0.2, 0.25) is 0 Å². The van der Waals surface area contributed by atoms with Gasteiger partial charge in [-0.25, -0.2) is 0 Å². The number of ether oxygens (including phenoxy) is 4. The molecule has 11 heteroatoms. The van der Waals surface area contributed by atoms with Gasteiger partial charge in [0.05, 0.1) is 61.6 Å². The van der Waals surface area contributed by atoms with Crippen LogP contribution < -0.4 is 38.5 Å². The molecule has 4 aliphatic heterocycles. The van der Waals surface area contributed by atoms with Crippen molar-refractivity contribution < 1.29 is 23.4 Å². The number of furan rings is 1. The molecule has 7 heterocycles.